The van der Waals surface area contributed by atoms with Gasteiger partial charge in [0.05, 0.1) is 19.4 Å². The van der Waals surface area contributed by atoms with E-state index in [9.17, 15) is 14.4 Å². The Kier molecular flexibility index (Phi) is 4.81. The molecule has 0 bridgehead atoms. The normalized spacial score (nSPS) is 18.7. The zero-order valence-corrected chi connectivity index (χ0v) is 17.1. The highest BCUT2D eigenvalue weighted by molar-refractivity contribution is 6.11. The molecule has 3 aromatic rings. The minimum Gasteiger partial charge on any atom is -0.467 e. The van der Waals surface area contributed by atoms with E-state index in [-0.39, 0.29) is 12.3 Å². The van der Waals surface area contributed by atoms with Gasteiger partial charge in [-0.05, 0) is 44.5 Å². The number of Topliss-reactive ketones (excluding diaryl/α,β-unsaturated/α-hetero) is 1. The van der Waals surface area contributed by atoms with E-state index >= 15 is 0 Å². The lowest BCUT2D eigenvalue weighted by Crippen LogP contribution is -2.41. The number of carbonyl (C=O) groups is 3. The molecule has 1 aliphatic rings. The lowest BCUT2D eigenvalue weighted by atomic mass is 9.92. The second kappa shape index (κ2) is 7.33. The van der Waals surface area contributed by atoms with E-state index in [2.05, 4.69) is 5.32 Å². The predicted octanol–water partition coefficient (Wildman–Crippen LogP) is 3.40. The molecule has 0 aliphatic carbocycles. The first-order valence-electron chi connectivity index (χ1n) is 9.73. The fourth-order valence-corrected chi connectivity index (χ4v) is 3.92. The lowest BCUT2D eigenvalue weighted by molar-refractivity contribution is -0.130. The molecule has 3 heterocycles. The van der Waals surface area contributed by atoms with Crippen LogP contribution in [0.4, 0.5) is 4.79 Å². The molecular formula is C23H23N3O4. The quantitative estimate of drug-likeness (QED) is 0.503. The Bertz CT molecular complexity index is 1120. The molecule has 1 N–H and O–H groups in total. The number of carbonyl (C=O) groups excluding carboxylic acids is 3. The number of urea groups is 1. The van der Waals surface area contributed by atoms with Crippen LogP contribution in [0.25, 0.3) is 0 Å². The number of aryl methyl sites for hydroxylation is 1. The Labute approximate surface area is 174 Å². The third-order valence-electron chi connectivity index (χ3n) is 5.70. The van der Waals surface area contributed by atoms with Gasteiger partial charge >= 0.3 is 6.03 Å². The summed E-state index contributed by atoms with van der Waals surface area (Å²) in [5.41, 5.74) is 1.66. The topological polar surface area (TPSA) is 84.5 Å². The van der Waals surface area contributed by atoms with Crippen LogP contribution in [0.15, 0.2) is 59.2 Å². The summed E-state index contributed by atoms with van der Waals surface area (Å²) in [6.45, 7) is 5.61. The second-order valence-electron chi connectivity index (χ2n) is 7.69. The third kappa shape index (κ3) is 3.22. The van der Waals surface area contributed by atoms with Crippen LogP contribution in [0, 0.1) is 13.8 Å². The molecule has 2 aromatic heterocycles. The highest BCUT2D eigenvalue weighted by atomic mass is 16.3. The van der Waals surface area contributed by atoms with Crippen LogP contribution in [-0.4, -0.2) is 33.7 Å². The van der Waals surface area contributed by atoms with Gasteiger partial charge in [0, 0.05) is 17.0 Å². The molecule has 1 fully saturated rings. The van der Waals surface area contributed by atoms with Crippen LogP contribution in [0.2, 0.25) is 0 Å². The number of benzene rings is 1. The van der Waals surface area contributed by atoms with Crippen LogP contribution >= 0.6 is 0 Å². The first-order valence-corrected chi connectivity index (χ1v) is 9.73. The smallest absolute Gasteiger partial charge is 0.325 e. The Morgan fingerprint density at radius 3 is 2.50 bits per heavy atom. The number of imide groups is 1. The van der Waals surface area contributed by atoms with Crippen LogP contribution in [0.3, 0.4) is 0 Å². The van der Waals surface area contributed by atoms with Crippen molar-refractivity contribution >= 4 is 17.7 Å². The summed E-state index contributed by atoms with van der Waals surface area (Å²) in [6, 6.07) is 13.9. The molecule has 1 aliphatic heterocycles. The van der Waals surface area contributed by atoms with Gasteiger partial charge in [0.25, 0.3) is 5.91 Å². The molecule has 30 heavy (non-hydrogen) atoms. The number of hydrogen-bond donors (Lipinski definition) is 1. The summed E-state index contributed by atoms with van der Waals surface area (Å²) < 4.78 is 7.38. The molecule has 0 saturated carbocycles. The van der Waals surface area contributed by atoms with E-state index in [1.165, 1.54) is 0 Å². The summed E-state index contributed by atoms with van der Waals surface area (Å²) in [5.74, 6) is 0.0644. The maximum atomic E-state index is 13.0. The molecule has 0 radical (unpaired) electrons. The van der Waals surface area contributed by atoms with Gasteiger partial charge in [-0.15, -0.1) is 0 Å². The Morgan fingerprint density at radius 2 is 1.83 bits per heavy atom. The van der Waals surface area contributed by atoms with Crippen LogP contribution in [0.5, 0.6) is 0 Å². The molecule has 7 nitrogen and oxygen atoms in total. The van der Waals surface area contributed by atoms with Crippen molar-refractivity contribution in [3.8, 4) is 0 Å². The van der Waals surface area contributed by atoms with Gasteiger partial charge in [0.15, 0.2) is 5.78 Å². The first kappa shape index (κ1) is 19.7. The van der Waals surface area contributed by atoms with Crippen LogP contribution < -0.4 is 5.32 Å². The molecule has 3 amide bonds. The molecule has 1 atom stereocenters. The average Bonchev–Trinajstić information content (AvgIpc) is 3.40. The molecule has 7 heteroatoms. The van der Waals surface area contributed by atoms with E-state index < -0.39 is 17.5 Å². The van der Waals surface area contributed by atoms with E-state index in [4.69, 9.17) is 4.42 Å². The van der Waals surface area contributed by atoms with Crippen molar-refractivity contribution < 1.29 is 18.8 Å². The van der Waals surface area contributed by atoms with Crippen LogP contribution in [-0.2, 0) is 16.9 Å². The molecular weight excluding hydrogens is 382 g/mol. The fraction of sp³-hybridized carbons (Fsp3) is 0.261. The molecule has 1 aromatic carbocycles. The van der Waals surface area contributed by atoms with Crippen molar-refractivity contribution in [2.45, 2.75) is 32.9 Å². The number of ketones is 1. The maximum absolute atomic E-state index is 13.0. The van der Waals surface area contributed by atoms with Crippen molar-refractivity contribution in [2.24, 2.45) is 0 Å². The number of nitrogens with one attached hydrogen (secondary N) is 1. The zero-order valence-electron chi connectivity index (χ0n) is 17.1. The predicted molar refractivity (Wildman–Crippen MR) is 110 cm³/mol. The molecule has 154 valence electrons. The van der Waals surface area contributed by atoms with E-state index in [0.29, 0.717) is 17.7 Å². The monoisotopic (exact) mass is 405 g/mol. The maximum Gasteiger partial charge on any atom is 0.325 e. The standard InChI is InChI=1S/C23H23N3O4/c1-15-12-19(16(2)25(15)13-18-10-7-11-30-18)20(27)14-26-21(28)23(3,24-22(26)29)17-8-5-4-6-9-17/h4-12H,13-14H2,1-3H3,(H,24,29)/t23-/m1/s1. The summed E-state index contributed by atoms with van der Waals surface area (Å²) in [7, 11) is 0. The van der Waals surface area contributed by atoms with Crippen molar-refractivity contribution in [2.75, 3.05) is 6.54 Å². The molecule has 0 unspecified atom stereocenters. The lowest BCUT2D eigenvalue weighted by Gasteiger charge is -2.22. The number of amides is 3. The van der Waals surface area contributed by atoms with Crippen molar-refractivity contribution in [3.05, 3.63) is 83.1 Å². The van der Waals surface area contributed by atoms with Gasteiger partial charge in [0.2, 0.25) is 0 Å². The summed E-state index contributed by atoms with van der Waals surface area (Å²) in [4.78, 5) is 39.6. The van der Waals surface area contributed by atoms with Gasteiger partial charge in [-0.2, -0.15) is 0 Å². The zero-order chi connectivity index (χ0) is 21.5. The summed E-state index contributed by atoms with van der Waals surface area (Å²) >= 11 is 0. The summed E-state index contributed by atoms with van der Waals surface area (Å²) in [5, 5.41) is 2.73. The van der Waals surface area contributed by atoms with Crippen molar-refractivity contribution in [1.29, 1.82) is 0 Å². The summed E-state index contributed by atoms with van der Waals surface area (Å²) in [6.07, 6.45) is 1.61. The van der Waals surface area contributed by atoms with Gasteiger partial charge in [0.1, 0.15) is 11.3 Å². The van der Waals surface area contributed by atoms with E-state index in [1.807, 2.05) is 48.7 Å². The minimum absolute atomic E-state index is 0.283. The Balaban J connectivity index is 1.56. The molecule has 4 rings (SSSR count). The molecule has 1 saturated heterocycles. The third-order valence-corrected chi connectivity index (χ3v) is 5.70. The van der Waals surface area contributed by atoms with Gasteiger partial charge < -0.3 is 14.3 Å². The van der Waals surface area contributed by atoms with Crippen LogP contribution in [0.1, 0.15) is 40.0 Å². The largest absolute Gasteiger partial charge is 0.467 e. The number of rotatable bonds is 6. The Morgan fingerprint density at radius 1 is 1.10 bits per heavy atom. The van der Waals surface area contributed by atoms with Crippen molar-refractivity contribution in [1.82, 2.24) is 14.8 Å². The first-order chi connectivity index (χ1) is 14.3. The van der Waals surface area contributed by atoms with Crippen molar-refractivity contribution in [3.63, 3.8) is 0 Å². The van der Waals surface area contributed by atoms with Gasteiger partial charge in [-0.25, -0.2) is 4.79 Å². The van der Waals surface area contributed by atoms with Gasteiger partial charge in [-0.1, -0.05) is 30.3 Å². The van der Waals surface area contributed by atoms with E-state index in [0.717, 1.165) is 22.0 Å². The Hall–Kier alpha value is -3.61. The number of hydrogen-bond acceptors (Lipinski definition) is 4. The highest BCUT2D eigenvalue weighted by Crippen LogP contribution is 2.29. The van der Waals surface area contributed by atoms with E-state index in [1.54, 1.807) is 31.4 Å². The fourth-order valence-electron chi connectivity index (χ4n) is 3.92. The minimum atomic E-state index is -1.19. The highest BCUT2D eigenvalue weighted by Gasteiger charge is 2.49. The second-order valence-corrected chi connectivity index (χ2v) is 7.69. The number of aromatic nitrogens is 1. The number of furan rings is 1. The SMILES string of the molecule is Cc1cc(C(=O)CN2C(=O)N[C@](C)(c3ccccc3)C2=O)c(C)n1Cc1ccco1. The average molecular weight is 405 g/mol. The molecule has 0 spiro atoms. The number of nitrogens with zero attached hydrogens (tertiary/aromatic N) is 2. The van der Waals surface area contributed by atoms with Gasteiger partial charge in [-0.3, -0.25) is 14.5 Å².